The fraction of sp³-hybridized carbons (Fsp3) is 0.150. The summed E-state index contributed by atoms with van der Waals surface area (Å²) in [6.45, 7) is 3.80. The van der Waals surface area contributed by atoms with Gasteiger partial charge in [0.25, 0.3) is 0 Å². The van der Waals surface area contributed by atoms with Crippen molar-refractivity contribution in [3.63, 3.8) is 0 Å². The zero-order valence-electron chi connectivity index (χ0n) is 13.7. The first-order valence-corrected chi connectivity index (χ1v) is 7.91. The van der Waals surface area contributed by atoms with Crippen LogP contribution in [0.25, 0.3) is 10.8 Å². The van der Waals surface area contributed by atoms with Crippen molar-refractivity contribution < 1.29 is 13.2 Å². The Morgan fingerprint density at radius 1 is 0.920 bits per heavy atom. The number of hydrogen-bond acceptors (Lipinski definition) is 2. The number of halogens is 3. The number of aliphatic imine (C=N–C) groups is 1. The van der Waals surface area contributed by atoms with Gasteiger partial charge in [-0.2, -0.15) is 13.2 Å². The normalized spacial score (nSPS) is 13.6. The predicted molar refractivity (Wildman–Crippen MR) is 95.4 cm³/mol. The van der Waals surface area contributed by atoms with Gasteiger partial charge in [-0.05, 0) is 42.5 Å². The van der Waals surface area contributed by atoms with Gasteiger partial charge >= 0.3 is 6.18 Å². The minimum Gasteiger partial charge on any atom is -0.353 e. The Labute approximate surface area is 143 Å². The summed E-state index contributed by atoms with van der Waals surface area (Å²) in [5.41, 5.74) is 2.42. The third kappa shape index (κ3) is 2.56. The summed E-state index contributed by atoms with van der Waals surface area (Å²) in [7, 11) is 0. The Balaban J connectivity index is 2.09. The van der Waals surface area contributed by atoms with Crippen molar-refractivity contribution in [1.82, 2.24) is 0 Å². The Hall–Kier alpha value is -2.82. The zero-order chi connectivity index (χ0) is 17.8. The molecule has 0 radical (unpaired) electrons. The van der Waals surface area contributed by atoms with Crippen LogP contribution in [0.3, 0.4) is 0 Å². The van der Waals surface area contributed by atoms with Gasteiger partial charge in [-0.3, -0.25) is 0 Å². The third-order valence-electron chi connectivity index (χ3n) is 4.56. The van der Waals surface area contributed by atoms with Crippen LogP contribution < -0.4 is 5.32 Å². The Morgan fingerprint density at radius 2 is 1.64 bits per heavy atom. The van der Waals surface area contributed by atoms with Gasteiger partial charge in [-0.15, -0.1) is 0 Å². The van der Waals surface area contributed by atoms with E-state index in [9.17, 15) is 13.2 Å². The van der Waals surface area contributed by atoms with Crippen LogP contribution in [0.1, 0.15) is 16.7 Å². The molecule has 0 bridgehead atoms. The summed E-state index contributed by atoms with van der Waals surface area (Å²) in [5.74, 6) is 0. The smallest absolute Gasteiger partial charge is 0.353 e. The van der Waals surface area contributed by atoms with Crippen LogP contribution in [-0.4, -0.2) is 11.9 Å². The molecule has 3 aromatic carbocycles. The van der Waals surface area contributed by atoms with E-state index in [-0.39, 0.29) is 5.56 Å². The summed E-state index contributed by atoms with van der Waals surface area (Å²) >= 11 is 0. The highest BCUT2D eigenvalue weighted by atomic mass is 19.4. The molecule has 0 saturated carbocycles. The van der Waals surface area contributed by atoms with Gasteiger partial charge in [-0.1, -0.05) is 36.4 Å². The molecule has 0 aromatic heterocycles. The SMILES string of the molecule is Cc1cc2c(cc1C)Nc1c(ccc3ccccc13)C(C(F)(F)F)=N2. The molecule has 126 valence electrons. The van der Waals surface area contributed by atoms with Gasteiger partial charge in [0.15, 0.2) is 5.71 Å². The van der Waals surface area contributed by atoms with Crippen LogP contribution in [0, 0.1) is 13.8 Å². The molecule has 1 aliphatic heterocycles. The lowest BCUT2D eigenvalue weighted by Gasteiger charge is -2.15. The number of rotatable bonds is 0. The van der Waals surface area contributed by atoms with E-state index in [1.54, 1.807) is 12.1 Å². The molecule has 5 heteroatoms. The van der Waals surface area contributed by atoms with E-state index >= 15 is 0 Å². The fourth-order valence-electron chi connectivity index (χ4n) is 3.13. The lowest BCUT2D eigenvalue weighted by atomic mass is 10.0. The van der Waals surface area contributed by atoms with E-state index in [0.29, 0.717) is 17.1 Å². The van der Waals surface area contributed by atoms with Crippen molar-refractivity contribution in [3.05, 3.63) is 65.2 Å². The first-order chi connectivity index (χ1) is 11.8. The Bertz CT molecular complexity index is 1030. The molecule has 0 unspecified atom stereocenters. The molecule has 25 heavy (non-hydrogen) atoms. The highest BCUT2D eigenvalue weighted by molar-refractivity contribution is 6.17. The molecular weight excluding hydrogens is 325 g/mol. The van der Waals surface area contributed by atoms with Crippen molar-refractivity contribution in [2.24, 2.45) is 4.99 Å². The van der Waals surface area contributed by atoms with E-state index in [1.165, 1.54) is 6.07 Å². The number of nitrogens with one attached hydrogen (secondary N) is 1. The second kappa shape index (κ2) is 5.34. The first-order valence-electron chi connectivity index (χ1n) is 7.91. The topological polar surface area (TPSA) is 24.4 Å². The summed E-state index contributed by atoms with van der Waals surface area (Å²) in [4.78, 5) is 3.99. The van der Waals surface area contributed by atoms with Gasteiger partial charge in [0.1, 0.15) is 0 Å². The summed E-state index contributed by atoms with van der Waals surface area (Å²) in [6, 6.07) is 14.1. The minimum absolute atomic E-state index is 0.0673. The van der Waals surface area contributed by atoms with Crippen LogP contribution in [-0.2, 0) is 0 Å². The first kappa shape index (κ1) is 15.7. The number of fused-ring (bicyclic) bond motifs is 4. The van der Waals surface area contributed by atoms with Crippen LogP contribution in [0.2, 0.25) is 0 Å². The van der Waals surface area contributed by atoms with Crippen LogP contribution >= 0.6 is 0 Å². The van der Waals surface area contributed by atoms with Gasteiger partial charge in [0.2, 0.25) is 0 Å². The van der Waals surface area contributed by atoms with E-state index in [0.717, 1.165) is 21.9 Å². The van der Waals surface area contributed by atoms with Crippen molar-refractivity contribution in [2.75, 3.05) is 5.32 Å². The zero-order valence-corrected chi connectivity index (χ0v) is 13.7. The quantitative estimate of drug-likeness (QED) is 0.518. The van der Waals surface area contributed by atoms with Crippen molar-refractivity contribution >= 4 is 33.5 Å². The summed E-state index contributed by atoms with van der Waals surface area (Å²) in [5, 5.41) is 4.82. The second-order valence-corrected chi connectivity index (χ2v) is 6.25. The van der Waals surface area contributed by atoms with Gasteiger partial charge in [0.05, 0.1) is 17.1 Å². The van der Waals surface area contributed by atoms with Crippen LogP contribution in [0.15, 0.2) is 53.5 Å². The highest BCUT2D eigenvalue weighted by Gasteiger charge is 2.39. The third-order valence-corrected chi connectivity index (χ3v) is 4.56. The molecule has 0 amide bonds. The number of alkyl halides is 3. The van der Waals surface area contributed by atoms with E-state index in [2.05, 4.69) is 10.3 Å². The number of hydrogen-bond donors (Lipinski definition) is 1. The lowest BCUT2D eigenvalue weighted by molar-refractivity contribution is -0.0579. The molecule has 0 fully saturated rings. The lowest BCUT2D eigenvalue weighted by Crippen LogP contribution is -2.24. The van der Waals surface area contributed by atoms with Gasteiger partial charge in [0, 0.05) is 10.9 Å². The van der Waals surface area contributed by atoms with Crippen LogP contribution in [0.4, 0.5) is 30.2 Å². The van der Waals surface area contributed by atoms with Crippen molar-refractivity contribution in [2.45, 2.75) is 20.0 Å². The largest absolute Gasteiger partial charge is 0.434 e. The maximum atomic E-state index is 13.7. The maximum Gasteiger partial charge on any atom is 0.434 e. The average molecular weight is 340 g/mol. The van der Waals surface area contributed by atoms with Crippen LogP contribution in [0.5, 0.6) is 0 Å². The monoisotopic (exact) mass is 340 g/mol. The van der Waals surface area contributed by atoms with E-state index in [4.69, 9.17) is 0 Å². The van der Waals surface area contributed by atoms with E-state index < -0.39 is 11.9 Å². The maximum absolute atomic E-state index is 13.7. The molecular formula is C20H15F3N2. The number of benzene rings is 3. The minimum atomic E-state index is -4.54. The molecule has 0 atom stereocenters. The standard InChI is InChI=1S/C20H15F3N2/c1-11-9-16-17(10-12(11)2)25-19(20(21,22)23)15-8-7-13-5-3-4-6-14(13)18(15)24-16/h3-10,24H,1-2H3. The molecule has 1 aliphatic rings. The van der Waals surface area contributed by atoms with Gasteiger partial charge < -0.3 is 5.32 Å². The van der Waals surface area contributed by atoms with Crippen molar-refractivity contribution in [3.8, 4) is 0 Å². The molecule has 1 heterocycles. The molecule has 1 N–H and O–H groups in total. The van der Waals surface area contributed by atoms with E-state index in [1.807, 2.05) is 44.2 Å². The molecule has 4 rings (SSSR count). The molecule has 0 aliphatic carbocycles. The van der Waals surface area contributed by atoms with Crippen molar-refractivity contribution in [1.29, 1.82) is 0 Å². The number of anilines is 2. The number of aryl methyl sites for hydroxylation is 2. The molecule has 0 spiro atoms. The predicted octanol–water partition coefficient (Wildman–Crippen LogP) is 6.20. The molecule has 2 nitrogen and oxygen atoms in total. The highest BCUT2D eigenvalue weighted by Crippen LogP contribution is 2.42. The second-order valence-electron chi connectivity index (χ2n) is 6.25. The number of nitrogens with zero attached hydrogens (tertiary/aromatic N) is 1. The summed E-state index contributed by atoms with van der Waals surface area (Å²) < 4.78 is 41.1. The van der Waals surface area contributed by atoms with Gasteiger partial charge in [-0.25, -0.2) is 4.99 Å². The fourth-order valence-corrected chi connectivity index (χ4v) is 3.13. The molecule has 3 aromatic rings. The average Bonchev–Trinajstić information content (AvgIpc) is 2.72. The molecule has 0 saturated heterocycles. The Kier molecular flexibility index (Phi) is 3.35. The summed E-state index contributed by atoms with van der Waals surface area (Å²) in [6.07, 6.45) is -4.54. The Morgan fingerprint density at radius 3 is 2.40 bits per heavy atom.